The number of fused-ring (bicyclic) bond motifs is 1. The van der Waals surface area contributed by atoms with Crippen molar-refractivity contribution in [1.82, 2.24) is 25.7 Å². The van der Waals surface area contributed by atoms with E-state index in [-0.39, 0.29) is 17.4 Å². The fourth-order valence-electron chi connectivity index (χ4n) is 2.50. The first kappa shape index (κ1) is 20.8. The summed E-state index contributed by atoms with van der Waals surface area (Å²) in [6.07, 6.45) is -0.926. The van der Waals surface area contributed by atoms with E-state index in [1.165, 1.54) is 24.4 Å². The number of nitrogens with one attached hydrogen (secondary N) is 4. The van der Waals surface area contributed by atoms with Crippen LogP contribution in [0.3, 0.4) is 0 Å². The van der Waals surface area contributed by atoms with E-state index < -0.39 is 12.2 Å². The minimum Gasteiger partial charge on any atom is -0.354 e. The van der Waals surface area contributed by atoms with E-state index in [0.29, 0.717) is 41.5 Å². The number of hydrogen-bond donors (Lipinski definition) is 5. The lowest BCUT2D eigenvalue weighted by atomic mass is 10.2. The predicted octanol–water partition coefficient (Wildman–Crippen LogP) is 3.07. The highest BCUT2D eigenvalue weighted by molar-refractivity contribution is 6.31. The molecule has 154 valence electrons. The fraction of sp³-hybridized carbons (Fsp3) is 0.235. The summed E-state index contributed by atoms with van der Waals surface area (Å²) in [5.74, 6) is -0.141. The van der Waals surface area contributed by atoms with E-state index in [2.05, 4.69) is 30.6 Å². The number of imidazole rings is 1. The molecule has 0 aliphatic carbocycles. The Morgan fingerprint density at radius 2 is 2.10 bits per heavy atom. The maximum Gasteiger partial charge on any atom is 0.250 e. The molecule has 0 fully saturated rings. The lowest BCUT2D eigenvalue weighted by Crippen LogP contribution is -2.27. The zero-order valence-electron chi connectivity index (χ0n) is 14.9. The monoisotopic (exact) mass is 427 g/mol. The molecule has 0 amide bonds. The molecule has 12 heteroatoms. The fourth-order valence-corrected chi connectivity index (χ4v) is 2.68. The first-order chi connectivity index (χ1) is 14.0. The molecule has 0 saturated heterocycles. The van der Waals surface area contributed by atoms with Gasteiger partial charge in [-0.05, 0) is 24.3 Å². The number of benzene rings is 1. The third-order valence-electron chi connectivity index (χ3n) is 3.79. The van der Waals surface area contributed by atoms with E-state index in [0.717, 1.165) is 0 Å². The van der Waals surface area contributed by atoms with Gasteiger partial charge in [-0.15, -0.1) is 0 Å². The van der Waals surface area contributed by atoms with Gasteiger partial charge >= 0.3 is 0 Å². The van der Waals surface area contributed by atoms with Crippen molar-refractivity contribution in [3.05, 3.63) is 46.9 Å². The first-order valence-electron chi connectivity index (χ1n) is 8.49. The van der Waals surface area contributed by atoms with Crippen LogP contribution in [0.4, 0.5) is 24.8 Å². The van der Waals surface area contributed by atoms with E-state index in [1.807, 2.05) is 5.48 Å². The molecule has 1 aromatic carbocycles. The Bertz CT molecular complexity index is 1010. The van der Waals surface area contributed by atoms with E-state index >= 15 is 0 Å². The SMILES string of the molecule is ONC(=Nc1ccc(F)c(Cl)c1)c1ccnc2nc(NCCNCC(F)F)[nH]c12. The molecule has 8 nitrogen and oxygen atoms in total. The smallest absolute Gasteiger partial charge is 0.250 e. The number of halogens is 4. The molecule has 2 heterocycles. The molecule has 0 unspecified atom stereocenters. The van der Waals surface area contributed by atoms with Gasteiger partial charge in [-0.1, -0.05) is 11.6 Å². The number of H-pyrrole nitrogens is 1. The lowest BCUT2D eigenvalue weighted by Gasteiger charge is -2.06. The third kappa shape index (κ3) is 5.34. The molecular weight excluding hydrogens is 411 g/mol. The Kier molecular flexibility index (Phi) is 6.86. The Morgan fingerprint density at radius 1 is 1.28 bits per heavy atom. The van der Waals surface area contributed by atoms with Gasteiger partial charge in [-0.3, -0.25) is 10.7 Å². The maximum atomic E-state index is 13.3. The number of aromatic nitrogens is 3. The molecule has 0 spiro atoms. The van der Waals surface area contributed by atoms with Crippen LogP contribution >= 0.6 is 11.6 Å². The number of nitrogens with zero attached hydrogens (tertiary/aromatic N) is 3. The van der Waals surface area contributed by atoms with Gasteiger partial charge in [0.15, 0.2) is 11.5 Å². The summed E-state index contributed by atoms with van der Waals surface area (Å²) >= 11 is 5.76. The summed E-state index contributed by atoms with van der Waals surface area (Å²) in [7, 11) is 0. The van der Waals surface area contributed by atoms with Gasteiger partial charge < -0.3 is 15.6 Å². The number of amidine groups is 1. The highest BCUT2D eigenvalue weighted by Crippen LogP contribution is 2.23. The summed E-state index contributed by atoms with van der Waals surface area (Å²) in [6.45, 7) is 0.288. The average Bonchev–Trinajstić information content (AvgIpc) is 3.11. The van der Waals surface area contributed by atoms with E-state index in [9.17, 15) is 18.4 Å². The van der Waals surface area contributed by atoms with Crippen LogP contribution in [0.2, 0.25) is 5.02 Å². The van der Waals surface area contributed by atoms with E-state index in [4.69, 9.17) is 11.6 Å². The number of rotatable bonds is 8. The van der Waals surface area contributed by atoms with Crippen molar-refractivity contribution in [2.75, 3.05) is 25.0 Å². The quantitative estimate of drug-likeness (QED) is 0.163. The summed E-state index contributed by atoms with van der Waals surface area (Å²) in [5.41, 5.74) is 3.61. The van der Waals surface area contributed by atoms with Crippen molar-refractivity contribution in [1.29, 1.82) is 0 Å². The van der Waals surface area contributed by atoms with Crippen LogP contribution in [-0.4, -0.2) is 52.1 Å². The van der Waals surface area contributed by atoms with Gasteiger partial charge in [0.1, 0.15) is 5.82 Å². The molecule has 3 aromatic rings. The number of anilines is 1. The van der Waals surface area contributed by atoms with Crippen LogP contribution in [0.25, 0.3) is 11.2 Å². The summed E-state index contributed by atoms with van der Waals surface area (Å²) in [6, 6.07) is 5.49. The third-order valence-corrected chi connectivity index (χ3v) is 4.08. The molecule has 29 heavy (non-hydrogen) atoms. The predicted molar refractivity (Wildman–Crippen MR) is 104 cm³/mol. The molecule has 0 bridgehead atoms. The molecule has 3 rings (SSSR count). The highest BCUT2D eigenvalue weighted by atomic mass is 35.5. The second-order valence-electron chi connectivity index (χ2n) is 5.84. The second-order valence-corrected chi connectivity index (χ2v) is 6.24. The van der Waals surface area contributed by atoms with Crippen molar-refractivity contribution in [3.63, 3.8) is 0 Å². The van der Waals surface area contributed by atoms with Crippen LogP contribution in [0.15, 0.2) is 35.5 Å². The number of pyridine rings is 1. The standard InChI is InChI=1S/C17H17ClF3N7O/c18-11-7-9(1-2-12(11)19)25-15(28-29)10-3-4-23-16-14(10)26-17(27-16)24-6-5-22-8-13(20)21/h1-4,7,13,22,29H,5-6,8H2,(H,25,28)(H2,23,24,26,27). The zero-order chi connectivity index (χ0) is 20.8. The summed E-state index contributed by atoms with van der Waals surface area (Å²) in [4.78, 5) is 15.7. The maximum absolute atomic E-state index is 13.3. The Morgan fingerprint density at radius 3 is 2.83 bits per heavy atom. The highest BCUT2D eigenvalue weighted by Gasteiger charge is 2.13. The number of hydroxylamine groups is 1. The van der Waals surface area contributed by atoms with Crippen LogP contribution in [0.1, 0.15) is 5.56 Å². The Hall–Kier alpha value is -2.89. The number of aliphatic imine (C=N–C) groups is 1. The van der Waals surface area contributed by atoms with Gasteiger partial charge in [0.05, 0.1) is 22.8 Å². The summed E-state index contributed by atoms with van der Waals surface area (Å²) in [5, 5.41) is 15.0. The Labute approximate surface area is 168 Å². The molecule has 0 saturated carbocycles. The van der Waals surface area contributed by atoms with Crippen molar-refractivity contribution in [3.8, 4) is 0 Å². The van der Waals surface area contributed by atoms with Crippen LogP contribution in [0.5, 0.6) is 0 Å². The normalized spacial score (nSPS) is 12.0. The molecule has 0 atom stereocenters. The van der Waals surface area contributed by atoms with Gasteiger partial charge in [-0.2, -0.15) is 4.98 Å². The average molecular weight is 428 g/mol. The van der Waals surface area contributed by atoms with Crippen molar-refractivity contribution >= 4 is 40.2 Å². The zero-order valence-corrected chi connectivity index (χ0v) is 15.6. The van der Waals surface area contributed by atoms with Crippen LogP contribution < -0.4 is 16.1 Å². The van der Waals surface area contributed by atoms with Crippen LogP contribution in [0, 0.1) is 5.82 Å². The largest absolute Gasteiger partial charge is 0.354 e. The molecule has 0 radical (unpaired) electrons. The van der Waals surface area contributed by atoms with Crippen molar-refractivity contribution < 1.29 is 18.4 Å². The first-order valence-corrected chi connectivity index (χ1v) is 8.87. The van der Waals surface area contributed by atoms with Gasteiger partial charge in [0, 0.05) is 24.8 Å². The van der Waals surface area contributed by atoms with Gasteiger partial charge in [-0.25, -0.2) is 23.1 Å². The Balaban J connectivity index is 1.81. The molecule has 5 N–H and O–H groups in total. The molecule has 0 aliphatic heterocycles. The van der Waals surface area contributed by atoms with Gasteiger partial charge in [0.25, 0.3) is 6.43 Å². The summed E-state index contributed by atoms with van der Waals surface area (Å²) < 4.78 is 37.5. The van der Waals surface area contributed by atoms with Crippen molar-refractivity contribution in [2.45, 2.75) is 6.43 Å². The number of alkyl halides is 2. The molecule has 2 aromatic heterocycles. The number of aromatic amines is 1. The molecular formula is C17H17ClF3N7O. The lowest BCUT2D eigenvalue weighted by molar-refractivity contribution is 0.146. The minimum atomic E-state index is -2.41. The van der Waals surface area contributed by atoms with Crippen LogP contribution in [-0.2, 0) is 0 Å². The second kappa shape index (κ2) is 9.54. The van der Waals surface area contributed by atoms with Crippen molar-refractivity contribution in [2.24, 2.45) is 4.99 Å². The number of hydrogen-bond acceptors (Lipinski definition) is 6. The van der Waals surface area contributed by atoms with E-state index in [1.54, 1.807) is 6.07 Å². The van der Waals surface area contributed by atoms with Gasteiger partial charge in [0.2, 0.25) is 5.95 Å². The molecule has 0 aliphatic rings. The minimum absolute atomic E-state index is 0.0638. The topological polar surface area (TPSA) is 110 Å².